The van der Waals surface area contributed by atoms with Gasteiger partial charge in [0.25, 0.3) is 0 Å². The highest BCUT2D eigenvalue weighted by Gasteiger charge is 2.14. The highest BCUT2D eigenvalue weighted by Crippen LogP contribution is 2.26. The number of hydrogen-bond acceptors (Lipinski definition) is 3. The van der Waals surface area contributed by atoms with E-state index in [9.17, 15) is 4.39 Å². The van der Waals surface area contributed by atoms with Crippen molar-refractivity contribution < 1.29 is 4.39 Å². The lowest BCUT2D eigenvalue weighted by Crippen LogP contribution is -2.14. The molecular formula is C16H13ClFN3. The van der Waals surface area contributed by atoms with Crippen LogP contribution in [0.25, 0.3) is 11.0 Å². The number of aromatic nitrogens is 2. The van der Waals surface area contributed by atoms with Crippen molar-refractivity contribution in [2.45, 2.75) is 12.5 Å². The van der Waals surface area contributed by atoms with Crippen LogP contribution in [0.5, 0.6) is 0 Å². The van der Waals surface area contributed by atoms with Gasteiger partial charge in [-0.15, -0.1) is 0 Å². The zero-order valence-electron chi connectivity index (χ0n) is 11.1. The highest BCUT2D eigenvalue weighted by atomic mass is 35.5. The van der Waals surface area contributed by atoms with Crippen LogP contribution in [0.15, 0.2) is 48.8 Å². The van der Waals surface area contributed by atoms with E-state index in [1.165, 1.54) is 12.1 Å². The van der Waals surface area contributed by atoms with E-state index in [4.69, 9.17) is 17.3 Å². The number of nitrogens with zero attached hydrogens (tertiary/aromatic N) is 2. The van der Waals surface area contributed by atoms with Crippen molar-refractivity contribution in [3.05, 3.63) is 70.8 Å². The van der Waals surface area contributed by atoms with E-state index in [0.717, 1.165) is 22.2 Å². The Morgan fingerprint density at radius 1 is 1.14 bits per heavy atom. The molecule has 0 aliphatic rings. The second-order valence-corrected chi connectivity index (χ2v) is 5.22. The van der Waals surface area contributed by atoms with Gasteiger partial charge in [-0.3, -0.25) is 9.97 Å². The van der Waals surface area contributed by atoms with Gasteiger partial charge in [0.2, 0.25) is 0 Å². The van der Waals surface area contributed by atoms with Gasteiger partial charge < -0.3 is 5.73 Å². The SMILES string of the molecule is NC(Cc1ccc(F)cc1Cl)c1cccc2nccnc12. The van der Waals surface area contributed by atoms with Crippen molar-refractivity contribution in [2.24, 2.45) is 5.73 Å². The molecule has 3 aromatic rings. The van der Waals surface area contributed by atoms with Crippen LogP contribution in [0.2, 0.25) is 5.02 Å². The van der Waals surface area contributed by atoms with E-state index in [1.807, 2.05) is 18.2 Å². The van der Waals surface area contributed by atoms with Crippen molar-refractivity contribution >= 4 is 22.6 Å². The molecule has 2 N–H and O–H groups in total. The predicted molar refractivity (Wildman–Crippen MR) is 81.6 cm³/mol. The quantitative estimate of drug-likeness (QED) is 0.803. The summed E-state index contributed by atoms with van der Waals surface area (Å²) in [6.45, 7) is 0. The molecule has 21 heavy (non-hydrogen) atoms. The molecule has 0 aliphatic heterocycles. The number of fused-ring (bicyclic) bond motifs is 1. The van der Waals surface area contributed by atoms with E-state index in [0.29, 0.717) is 11.4 Å². The first-order valence-corrected chi connectivity index (χ1v) is 6.92. The zero-order valence-corrected chi connectivity index (χ0v) is 11.9. The van der Waals surface area contributed by atoms with Crippen LogP contribution in [-0.2, 0) is 6.42 Å². The molecule has 1 heterocycles. The van der Waals surface area contributed by atoms with E-state index < -0.39 is 0 Å². The van der Waals surface area contributed by atoms with E-state index in [1.54, 1.807) is 18.5 Å². The summed E-state index contributed by atoms with van der Waals surface area (Å²) in [5, 5.41) is 0.386. The van der Waals surface area contributed by atoms with Crippen LogP contribution in [0.4, 0.5) is 4.39 Å². The second-order valence-electron chi connectivity index (χ2n) is 4.82. The molecule has 0 bridgehead atoms. The molecule has 1 aromatic heterocycles. The van der Waals surface area contributed by atoms with Crippen molar-refractivity contribution in [3.63, 3.8) is 0 Å². The van der Waals surface area contributed by atoms with Crippen molar-refractivity contribution in [3.8, 4) is 0 Å². The average Bonchev–Trinajstić information content (AvgIpc) is 2.49. The van der Waals surface area contributed by atoms with Crippen LogP contribution >= 0.6 is 11.6 Å². The summed E-state index contributed by atoms with van der Waals surface area (Å²) in [5.74, 6) is -0.353. The lowest BCUT2D eigenvalue weighted by molar-refractivity contribution is 0.625. The largest absolute Gasteiger partial charge is 0.324 e. The normalized spacial score (nSPS) is 12.5. The molecule has 5 heteroatoms. The Kier molecular flexibility index (Phi) is 3.82. The minimum absolute atomic E-state index is 0.284. The molecule has 0 amide bonds. The Bertz CT molecular complexity index is 786. The smallest absolute Gasteiger partial charge is 0.124 e. The molecule has 0 radical (unpaired) electrons. The van der Waals surface area contributed by atoms with Gasteiger partial charge in [0.05, 0.1) is 11.0 Å². The fraction of sp³-hybridized carbons (Fsp3) is 0.125. The van der Waals surface area contributed by atoms with E-state index >= 15 is 0 Å². The maximum atomic E-state index is 13.1. The summed E-state index contributed by atoms with van der Waals surface area (Å²) in [6, 6.07) is 9.78. The van der Waals surface area contributed by atoms with Gasteiger partial charge in [-0.2, -0.15) is 0 Å². The summed E-state index contributed by atoms with van der Waals surface area (Å²) in [7, 11) is 0. The number of benzene rings is 2. The maximum Gasteiger partial charge on any atom is 0.124 e. The van der Waals surface area contributed by atoms with E-state index in [2.05, 4.69) is 9.97 Å². The van der Waals surface area contributed by atoms with Gasteiger partial charge in [0, 0.05) is 23.5 Å². The molecule has 106 valence electrons. The Morgan fingerprint density at radius 3 is 2.76 bits per heavy atom. The minimum Gasteiger partial charge on any atom is -0.324 e. The fourth-order valence-electron chi connectivity index (χ4n) is 2.35. The van der Waals surface area contributed by atoms with Crippen molar-refractivity contribution in [1.82, 2.24) is 9.97 Å². The molecule has 0 fully saturated rings. The second kappa shape index (κ2) is 5.76. The third-order valence-electron chi connectivity index (χ3n) is 3.38. The standard InChI is InChI=1S/C16H13ClFN3/c17-13-9-11(18)5-4-10(13)8-14(19)12-2-1-3-15-16(12)21-7-6-20-15/h1-7,9,14H,8,19H2. The van der Waals surface area contributed by atoms with Crippen LogP contribution in [0.1, 0.15) is 17.2 Å². The Morgan fingerprint density at radius 2 is 1.95 bits per heavy atom. The summed E-state index contributed by atoms with van der Waals surface area (Å²) in [4.78, 5) is 8.61. The molecule has 3 rings (SSSR count). The first-order valence-electron chi connectivity index (χ1n) is 6.54. The van der Waals surface area contributed by atoms with Crippen LogP contribution in [0.3, 0.4) is 0 Å². The van der Waals surface area contributed by atoms with Crippen LogP contribution < -0.4 is 5.73 Å². The zero-order chi connectivity index (χ0) is 14.8. The Labute approximate surface area is 126 Å². The molecule has 1 unspecified atom stereocenters. The maximum absolute atomic E-state index is 13.1. The van der Waals surface area contributed by atoms with Gasteiger partial charge in [-0.1, -0.05) is 29.8 Å². The van der Waals surface area contributed by atoms with Gasteiger partial charge in [0.15, 0.2) is 0 Å². The highest BCUT2D eigenvalue weighted by molar-refractivity contribution is 6.31. The molecule has 0 saturated carbocycles. The summed E-state index contributed by atoms with van der Waals surface area (Å²) in [6.07, 6.45) is 3.80. The van der Waals surface area contributed by atoms with E-state index in [-0.39, 0.29) is 11.9 Å². The fourth-order valence-corrected chi connectivity index (χ4v) is 2.59. The number of rotatable bonds is 3. The van der Waals surface area contributed by atoms with Crippen LogP contribution in [-0.4, -0.2) is 9.97 Å². The number of para-hydroxylation sites is 1. The van der Waals surface area contributed by atoms with Gasteiger partial charge in [-0.05, 0) is 35.7 Å². The molecular weight excluding hydrogens is 289 g/mol. The first-order chi connectivity index (χ1) is 10.1. The molecule has 3 nitrogen and oxygen atoms in total. The Balaban J connectivity index is 1.95. The topological polar surface area (TPSA) is 51.8 Å². The lowest BCUT2D eigenvalue weighted by Gasteiger charge is -2.14. The third kappa shape index (κ3) is 2.86. The summed E-state index contributed by atoms with van der Waals surface area (Å²) >= 11 is 6.06. The van der Waals surface area contributed by atoms with Crippen molar-refractivity contribution in [1.29, 1.82) is 0 Å². The average molecular weight is 302 g/mol. The molecule has 0 spiro atoms. The van der Waals surface area contributed by atoms with Crippen molar-refractivity contribution in [2.75, 3.05) is 0 Å². The molecule has 0 saturated heterocycles. The lowest BCUT2D eigenvalue weighted by atomic mass is 9.98. The molecule has 2 aromatic carbocycles. The monoisotopic (exact) mass is 301 g/mol. The van der Waals surface area contributed by atoms with Gasteiger partial charge >= 0.3 is 0 Å². The Hall–Kier alpha value is -2.04. The third-order valence-corrected chi connectivity index (χ3v) is 3.74. The van der Waals surface area contributed by atoms with Crippen LogP contribution in [0, 0.1) is 5.82 Å². The number of hydrogen-bond donors (Lipinski definition) is 1. The predicted octanol–water partition coefficient (Wildman–Crippen LogP) is 3.66. The minimum atomic E-state index is -0.353. The molecule has 0 aliphatic carbocycles. The molecule has 1 atom stereocenters. The number of nitrogens with two attached hydrogens (primary N) is 1. The van der Waals surface area contributed by atoms with Gasteiger partial charge in [-0.25, -0.2) is 4.39 Å². The summed E-state index contributed by atoms with van der Waals surface area (Å²) < 4.78 is 13.1. The number of halogens is 2. The summed E-state index contributed by atoms with van der Waals surface area (Å²) in [5.41, 5.74) is 9.58. The first kappa shape index (κ1) is 13.9. The van der Waals surface area contributed by atoms with Gasteiger partial charge in [0.1, 0.15) is 5.82 Å².